The van der Waals surface area contributed by atoms with E-state index in [9.17, 15) is 4.79 Å². The van der Waals surface area contributed by atoms with Crippen LogP contribution in [0.3, 0.4) is 0 Å². The number of carbonyl (C=O) groups is 1. The summed E-state index contributed by atoms with van der Waals surface area (Å²) in [5, 5.41) is 0. The number of nitrogens with one attached hydrogen (secondary N) is 2. The van der Waals surface area contributed by atoms with Crippen molar-refractivity contribution < 1.29 is 4.79 Å². The third-order valence-corrected chi connectivity index (χ3v) is 0.804. The van der Waals surface area contributed by atoms with E-state index < -0.39 is 0 Å². The first kappa shape index (κ1) is 4.33. The highest BCUT2D eigenvalue weighted by atomic mass is 16.1. The Balaban J connectivity index is 2.51. The van der Waals surface area contributed by atoms with Crippen LogP contribution in [0.5, 0.6) is 0 Å². The van der Waals surface area contributed by atoms with E-state index in [1.54, 1.807) is 6.20 Å². The van der Waals surface area contributed by atoms with Crippen LogP contribution >= 0.6 is 0 Å². The van der Waals surface area contributed by atoms with E-state index in [0.717, 1.165) is 11.9 Å². The monoisotopic (exact) mass is 98.0 g/mol. The van der Waals surface area contributed by atoms with Crippen molar-refractivity contribution in [2.75, 3.05) is 6.54 Å². The zero-order chi connectivity index (χ0) is 5.11. The summed E-state index contributed by atoms with van der Waals surface area (Å²) in [6.07, 6.45) is 2.47. The van der Waals surface area contributed by atoms with E-state index in [1.807, 2.05) is 0 Å². The normalized spacial score (nSPS) is 18.0. The summed E-state index contributed by atoms with van der Waals surface area (Å²) in [4.78, 5) is 9.86. The first-order valence-electron chi connectivity index (χ1n) is 2.06. The minimum atomic E-state index is 0.642. The van der Waals surface area contributed by atoms with E-state index in [-0.39, 0.29) is 0 Å². The van der Waals surface area contributed by atoms with Crippen molar-refractivity contribution in [2.45, 2.75) is 0 Å². The Morgan fingerprint density at radius 3 is 3.00 bits per heavy atom. The van der Waals surface area contributed by atoms with Gasteiger partial charge in [0.1, 0.15) is 6.29 Å². The van der Waals surface area contributed by atoms with Gasteiger partial charge in [0.05, 0.1) is 0 Å². The maximum absolute atomic E-state index is 9.86. The van der Waals surface area contributed by atoms with Crippen LogP contribution in [0.15, 0.2) is 11.8 Å². The van der Waals surface area contributed by atoms with E-state index >= 15 is 0 Å². The Hall–Kier alpha value is -0.830. The highest BCUT2D eigenvalue weighted by Crippen LogP contribution is 1.86. The third kappa shape index (κ3) is 0.778. The van der Waals surface area contributed by atoms with Crippen LogP contribution in [0.25, 0.3) is 0 Å². The highest BCUT2D eigenvalue weighted by Gasteiger charge is 1.97. The molecule has 0 radical (unpaired) electrons. The smallest absolute Gasteiger partial charge is 0.148 e. The van der Waals surface area contributed by atoms with E-state index in [2.05, 4.69) is 10.9 Å². The lowest BCUT2D eigenvalue weighted by Crippen LogP contribution is -2.20. The van der Waals surface area contributed by atoms with E-state index in [1.165, 1.54) is 0 Å². The van der Waals surface area contributed by atoms with Crippen molar-refractivity contribution >= 4 is 6.29 Å². The van der Waals surface area contributed by atoms with Gasteiger partial charge in [0.2, 0.25) is 0 Å². The molecule has 0 spiro atoms. The first-order valence-corrected chi connectivity index (χ1v) is 2.06. The molecule has 3 heteroatoms. The number of hydrogen-bond donors (Lipinski definition) is 2. The summed E-state index contributed by atoms with van der Waals surface area (Å²) >= 11 is 0. The van der Waals surface area contributed by atoms with Gasteiger partial charge in [-0.3, -0.25) is 4.79 Å². The summed E-state index contributed by atoms with van der Waals surface area (Å²) < 4.78 is 0. The lowest BCUT2D eigenvalue weighted by Gasteiger charge is -1.84. The van der Waals surface area contributed by atoms with Crippen molar-refractivity contribution in [2.24, 2.45) is 0 Å². The molecule has 0 unspecified atom stereocenters. The van der Waals surface area contributed by atoms with Crippen molar-refractivity contribution in [3.63, 3.8) is 0 Å². The van der Waals surface area contributed by atoms with Crippen molar-refractivity contribution in [1.82, 2.24) is 10.9 Å². The van der Waals surface area contributed by atoms with Gasteiger partial charge in [-0.15, -0.1) is 0 Å². The Bertz CT molecular complexity index is 108. The molecule has 0 bridgehead atoms. The fourth-order valence-electron chi connectivity index (χ4n) is 0.424. The second kappa shape index (κ2) is 1.75. The highest BCUT2D eigenvalue weighted by molar-refractivity contribution is 5.74. The molecule has 0 atom stereocenters. The third-order valence-electron chi connectivity index (χ3n) is 0.804. The van der Waals surface area contributed by atoms with E-state index in [0.29, 0.717) is 6.54 Å². The van der Waals surface area contributed by atoms with Gasteiger partial charge < -0.3 is 5.43 Å². The number of hydrazine groups is 1. The van der Waals surface area contributed by atoms with Gasteiger partial charge >= 0.3 is 0 Å². The standard InChI is InChI=1S/C4H6N2O/c7-3-4-1-5-6-2-4/h1,3,5-6H,2H2. The number of hydrogen-bond acceptors (Lipinski definition) is 3. The zero-order valence-corrected chi connectivity index (χ0v) is 3.77. The van der Waals surface area contributed by atoms with Gasteiger partial charge in [-0.05, 0) is 0 Å². The number of aldehydes is 1. The Morgan fingerprint density at radius 1 is 1.86 bits per heavy atom. The lowest BCUT2D eigenvalue weighted by atomic mass is 10.3. The molecule has 0 aromatic heterocycles. The molecule has 1 aliphatic heterocycles. The van der Waals surface area contributed by atoms with Gasteiger partial charge in [-0.2, -0.15) is 0 Å². The van der Waals surface area contributed by atoms with Crippen molar-refractivity contribution in [1.29, 1.82) is 0 Å². The van der Waals surface area contributed by atoms with Crippen LogP contribution in [-0.2, 0) is 4.79 Å². The molecule has 38 valence electrons. The fraction of sp³-hybridized carbons (Fsp3) is 0.250. The molecule has 0 saturated carbocycles. The fourth-order valence-corrected chi connectivity index (χ4v) is 0.424. The summed E-state index contributed by atoms with van der Waals surface area (Å²) in [6, 6.07) is 0. The van der Waals surface area contributed by atoms with Gasteiger partial charge in [0, 0.05) is 18.3 Å². The average Bonchev–Trinajstić information content (AvgIpc) is 2.14. The van der Waals surface area contributed by atoms with Crippen LogP contribution in [0.1, 0.15) is 0 Å². The molecule has 0 fully saturated rings. The molecule has 1 aliphatic rings. The van der Waals surface area contributed by atoms with Crippen LogP contribution in [0.2, 0.25) is 0 Å². The molecule has 7 heavy (non-hydrogen) atoms. The van der Waals surface area contributed by atoms with Crippen LogP contribution in [0.4, 0.5) is 0 Å². The lowest BCUT2D eigenvalue weighted by molar-refractivity contribution is -0.104. The van der Waals surface area contributed by atoms with Crippen LogP contribution in [-0.4, -0.2) is 12.8 Å². The Morgan fingerprint density at radius 2 is 2.71 bits per heavy atom. The SMILES string of the molecule is O=CC1=CNNC1. The molecule has 1 rings (SSSR count). The van der Waals surface area contributed by atoms with Gasteiger partial charge in [0.25, 0.3) is 0 Å². The quantitative estimate of drug-likeness (QED) is 0.421. The predicted molar refractivity (Wildman–Crippen MR) is 25.3 cm³/mol. The summed E-state index contributed by atoms with van der Waals surface area (Å²) in [6.45, 7) is 0.642. The summed E-state index contributed by atoms with van der Waals surface area (Å²) in [5.41, 5.74) is 6.19. The molecule has 0 aliphatic carbocycles. The summed E-state index contributed by atoms with van der Waals surface area (Å²) in [7, 11) is 0. The second-order valence-corrected chi connectivity index (χ2v) is 1.33. The minimum Gasteiger partial charge on any atom is -0.328 e. The minimum absolute atomic E-state index is 0.642. The molecular formula is C4H6N2O. The van der Waals surface area contributed by atoms with Crippen LogP contribution in [0, 0.1) is 0 Å². The largest absolute Gasteiger partial charge is 0.328 e. The molecule has 3 nitrogen and oxygen atoms in total. The molecule has 1 heterocycles. The molecule has 0 aromatic carbocycles. The molecule has 2 N–H and O–H groups in total. The maximum Gasteiger partial charge on any atom is 0.148 e. The molecule has 0 saturated heterocycles. The zero-order valence-electron chi connectivity index (χ0n) is 3.77. The number of carbonyl (C=O) groups excluding carboxylic acids is 1. The summed E-state index contributed by atoms with van der Waals surface area (Å²) in [5.74, 6) is 0. The molecular weight excluding hydrogens is 92.1 g/mol. The predicted octanol–water partition coefficient (Wildman–Crippen LogP) is -0.823. The Kier molecular flexibility index (Phi) is 1.08. The topological polar surface area (TPSA) is 41.1 Å². The second-order valence-electron chi connectivity index (χ2n) is 1.33. The molecule has 0 amide bonds. The van der Waals surface area contributed by atoms with E-state index in [4.69, 9.17) is 0 Å². The molecule has 0 aromatic rings. The van der Waals surface area contributed by atoms with Gasteiger partial charge in [-0.1, -0.05) is 0 Å². The number of rotatable bonds is 1. The van der Waals surface area contributed by atoms with Gasteiger partial charge in [-0.25, -0.2) is 5.43 Å². The first-order chi connectivity index (χ1) is 3.43. The van der Waals surface area contributed by atoms with Crippen molar-refractivity contribution in [3.05, 3.63) is 11.8 Å². The average molecular weight is 98.1 g/mol. The maximum atomic E-state index is 9.86. The van der Waals surface area contributed by atoms with Crippen molar-refractivity contribution in [3.8, 4) is 0 Å². The van der Waals surface area contributed by atoms with Gasteiger partial charge in [0.15, 0.2) is 0 Å². The van der Waals surface area contributed by atoms with Crippen LogP contribution < -0.4 is 10.9 Å². The Labute approximate surface area is 41.4 Å².